The zero-order valence-corrected chi connectivity index (χ0v) is 18.3. The molecular formula is C23H25N5O2S. The maximum atomic E-state index is 12.7. The predicted molar refractivity (Wildman–Crippen MR) is 124 cm³/mol. The van der Waals surface area contributed by atoms with Gasteiger partial charge in [-0.05, 0) is 48.1 Å². The largest absolute Gasteiger partial charge is 0.495 e. The molecule has 0 bridgehead atoms. The number of rotatable bonds is 7. The molecule has 0 aliphatic carbocycles. The van der Waals surface area contributed by atoms with Crippen LogP contribution in [0, 0.1) is 0 Å². The van der Waals surface area contributed by atoms with Crippen LogP contribution in [0.5, 0.6) is 5.75 Å². The number of nitrogens with one attached hydrogen (secondary N) is 2. The lowest BCUT2D eigenvalue weighted by atomic mass is 9.99. The highest BCUT2D eigenvalue weighted by atomic mass is 32.1. The van der Waals surface area contributed by atoms with Gasteiger partial charge in [0.15, 0.2) is 5.11 Å². The van der Waals surface area contributed by atoms with Gasteiger partial charge in [0.1, 0.15) is 5.75 Å². The Morgan fingerprint density at radius 2 is 2.03 bits per heavy atom. The summed E-state index contributed by atoms with van der Waals surface area (Å²) in [6.07, 6.45) is 6.17. The molecule has 0 spiro atoms. The van der Waals surface area contributed by atoms with Crippen LogP contribution in [0.3, 0.4) is 0 Å². The molecule has 2 aromatic heterocycles. The fourth-order valence-electron chi connectivity index (χ4n) is 3.89. The predicted octanol–water partition coefficient (Wildman–Crippen LogP) is 3.43. The average Bonchev–Trinajstić information content (AvgIpc) is 3.35. The minimum atomic E-state index is -0.0969. The van der Waals surface area contributed by atoms with Gasteiger partial charge in [0, 0.05) is 38.6 Å². The van der Waals surface area contributed by atoms with E-state index in [0.29, 0.717) is 23.1 Å². The van der Waals surface area contributed by atoms with Gasteiger partial charge in [-0.3, -0.25) is 9.78 Å². The zero-order chi connectivity index (χ0) is 21.8. The second kappa shape index (κ2) is 9.18. The van der Waals surface area contributed by atoms with Crippen LogP contribution < -0.4 is 15.4 Å². The Labute approximate surface area is 187 Å². The van der Waals surface area contributed by atoms with E-state index >= 15 is 0 Å². The Morgan fingerprint density at radius 3 is 2.74 bits per heavy atom. The van der Waals surface area contributed by atoms with Crippen molar-refractivity contribution in [2.75, 3.05) is 19.0 Å². The molecule has 0 radical (unpaired) electrons. The van der Waals surface area contributed by atoms with Crippen molar-refractivity contribution < 1.29 is 9.53 Å². The lowest BCUT2D eigenvalue weighted by Crippen LogP contribution is -2.32. The minimum Gasteiger partial charge on any atom is -0.495 e. The van der Waals surface area contributed by atoms with E-state index in [1.165, 1.54) is 0 Å². The Kier molecular flexibility index (Phi) is 6.18. The number of hydrogen-bond donors (Lipinski definition) is 2. The summed E-state index contributed by atoms with van der Waals surface area (Å²) in [4.78, 5) is 19.3. The summed E-state index contributed by atoms with van der Waals surface area (Å²) in [5, 5.41) is 6.95. The summed E-state index contributed by atoms with van der Waals surface area (Å²) in [5.41, 5.74) is 2.69. The molecule has 3 aromatic rings. The molecule has 8 heteroatoms. The molecule has 1 amide bonds. The van der Waals surface area contributed by atoms with Gasteiger partial charge in [-0.25, -0.2) is 0 Å². The molecule has 0 saturated carbocycles. The van der Waals surface area contributed by atoms with Crippen molar-refractivity contribution in [3.05, 3.63) is 78.4 Å². The SMILES string of the molecule is COc1ccccc1NC(=O)CCN1C(=S)N[C@H](c2ccccn2)[C@H]1c1ccn(C)c1. The molecule has 160 valence electrons. The second-order valence-corrected chi connectivity index (χ2v) is 7.82. The highest BCUT2D eigenvalue weighted by molar-refractivity contribution is 7.80. The number of benzene rings is 1. The number of amides is 1. The third-order valence-electron chi connectivity index (χ3n) is 5.35. The first-order chi connectivity index (χ1) is 15.1. The molecule has 2 atom stereocenters. The molecule has 3 heterocycles. The summed E-state index contributed by atoms with van der Waals surface area (Å²) in [6, 6.07) is 15.2. The van der Waals surface area contributed by atoms with Gasteiger partial charge in [0.2, 0.25) is 5.91 Å². The molecule has 1 aliphatic heterocycles. The van der Waals surface area contributed by atoms with Crippen LogP contribution in [-0.2, 0) is 11.8 Å². The summed E-state index contributed by atoms with van der Waals surface area (Å²) in [6.45, 7) is 0.482. The van der Waals surface area contributed by atoms with E-state index in [1.807, 2.05) is 60.3 Å². The van der Waals surface area contributed by atoms with Crippen LogP contribution in [0.15, 0.2) is 67.1 Å². The van der Waals surface area contributed by atoms with Gasteiger partial charge in [-0.2, -0.15) is 0 Å². The van der Waals surface area contributed by atoms with Crippen molar-refractivity contribution >= 4 is 28.9 Å². The van der Waals surface area contributed by atoms with E-state index in [0.717, 1.165) is 11.3 Å². The Morgan fingerprint density at radius 1 is 1.23 bits per heavy atom. The zero-order valence-electron chi connectivity index (χ0n) is 17.5. The number of nitrogens with zero attached hydrogens (tertiary/aromatic N) is 3. The number of aryl methyl sites for hydroxylation is 1. The molecular weight excluding hydrogens is 410 g/mol. The number of carbonyl (C=O) groups excluding carboxylic acids is 1. The van der Waals surface area contributed by atoms with Crippen molar-refractivity contribution in [3.63, 3.8) is 0 Å². The highest BCUT2D eigenvalue weighted by Crippen LogP contribution is 2.38. The Hall–Kier alpha value is -3.39. The summed E-state index contributed by atoms with van der Waals surface area (Å²) in [7, 11) is 3.58. The Balaban J connectivity index is 1.52. The van der Waals surface area contributed by atoms with Crippen LogP contribution in [0.1, 0.15) is 29.8 Å². The third-order valence-corrected chi connectivity index (χ3v) is 5.71. The number of aromatic nitrogens is 2. The summed E-state index contributed by atoms with van der Waals surface area (Å²) < 4.78 is 7.33. The first kappa shape index (κ1) is 20.9. The minimum absolute atomic E-state index is 0.0531. The molecule has 7 nitrogen and oxygen atoms in total. The van der Waals surface area contributed by atoms with Crippen LogP contribution in [-0.4, -0.2) is 39.1 Å². The van der Waals surface area contributed by atoms with Crippen molar-refractivity contribution in [1.82, 2.24) is 19.8 Å². The molecule has 1 fully saturated rings. The number of anilines is 1. The van der Waals surface area contributed by atoms with Crippen LogP contribution in [0.4, 0.5) is 5.69 Å². The van der Waals surface area contributed by atoms with Gasteiger partial charge in [0.05, 0.1) is 30.6 Å². The van der Waals surface area contributed by atoms with E-state index < -0.39 is 0 Å². The maximum Gasteiger partial charge on any atom is 0.226 e. The van der Waals surface area contributed by atoms with Crippen molar-refractivity contribution in [2.45, 2.75) is 18.5 Å². The van der Waals surface area contributed by atoms with E-state index in [2.05, 4.69) is 32.8 Å². The lowest BCUT2D eigenvalue weighted by molar-refractivity contribution is -0.116. The molecule has 2 N–H and O–H groups in total. The number of hydrogen-bond acceptors (Lipinski definition) is 4. The molecule has 31 heavy (non-hydrogen) atoms. The number of ether oxygens (including phenoxy) is 1. The fourth-order valence-corrected chi connectivity index (χ4v) is 4.22. The topological polar surface area (TPSA) is 71.4 Å². The number of carbonyl (C=O) groups is 1. The first-order valence-electron chi connectivity index (χ1n) is 10.1. The maximum absolute atomic E-state index is 12.7. The summed E-state index contributed by atoms with van der Waals surface area (Å²) >= 11 is 5.65. The van der Waals surface area contributed by atoms with E-state index in [4.69, 9.17) is 17.0 Å². The lowest BCUT2D eigenvalue weighted by Gasteiger charge is -2.27. The van der Waals surface area contributed by atoms with Crippen molar-refractivity contribution in [1.29, 1.82) is 0 Å². The summed E-state index contributed by atoms with van der Waals surface area (Å²) in [5.74, 6) is 0.534. The van der Waals surface area contributed by atoms with E-state index in [9.17, 15) is 4.79 Å². The average molecular weight is 436 g/mol. The van der Waals surface area contributed by atoms with Gasteiger partial charge in [-0.1, -0.05) is 18.2 Å². The standard InChI is InChI=1S/C23H25N5O2S/c1-27-13-10-16(15-27)22-21(18-8-5-6-12-24-18)26-23(31)28(22)14-11-20(29)25-17-7-3-4-9-19(17)30-2/h3-10,12-13,15,21-22H,11,14H2,1-2H3,(H,25,29)(H,26,31)/t21-,22-/m1/s1. The van der Waals surface area contributed by atoms with Crippen LogP contribution in [0.25, 0.3) is 0 Å². The smallest absolute Gasteiger partial charge is 0.226 e. The van der Waals surface area contributed by atoms with Gasteiger partial charge in [-0.15, -0.1) is 0 Å². The van der Waals surface area contributed by atoms with Crippen LogP contribution >= 0.6 is 12.2 Å². The number of thiocarbonyl (C=S) groups is 1. The van der Waals surface area contributed by atoms with Crippen LogP contribution in [0.2, 0.25) is 0 Å². The number of para-hydroxylation sites is 2. The first-order valence-corrected chi connectivity index (χ1v) is 10.5. The van der Waals surface area contributed by atoms with Gasteiger partial charge < -0.3 is 24.8 Å². The van der Waals surface area contributed by atoms with E-state index in [-0.39, 0.29) is 24.4 Å². The normalized spacial score (nSPS) is 18.0. The molecule has 1 aromatic carbocycles. The molecule has 1 aliphatic rings. The number of pyridine rings is 1. The second-order valence-electron chi connectivity index (χ2n) is 7.43. The van der Waals surface area contributed by atoms with Gasteiger partial charge >= 0.3 is 0 Å². The third kappa shape index (κ3) is 4.54. The highest BCUT2D eigenvalue weighted by Gasteiger charge is 2.40. The Bertz CT molecular complexity index is 1070. The van der Waals surface area contributed by atoms with Crippen molar-refractivity contribution in [3.8, 4) is 5.75 Å². The molecule has 0 unspecified atom stereocenters. The fraction of sp³-hybridized carbons (Fsp3) is 0.261. The monoisotopic (exact) mass is 435 g/mol. The van der Waals surface area contributed by atoms with Crippen molar-refractivity contribution in [2.24, 2.45) is 7.05 Å². The quantitative estimate of drug-likeness (QED) is 0.554. The molecule has 1 saturated heterocycles. The number of methoxy groups -OCH3 is 1. The van der Waals surface area contributed by atoms with E-state index in [1.54, 1.807) is 13.3 Å². The molecule has 4 rings (SSSR count). The van der Waals surface area contributed by atoms with Gasteiger partial charge in [0.25, 0.3) is 0 Å².